The second-order valence-electron chi connectivity index (χ2n) is 4.18. The van der Waals surface area contributed by atoms with E-state index in [0.29, 0.717) is 5.69 Å². The topological polar surface area (TPSA) is 25.8 Å². The summed E-state index contributed by atoms with van der Waals surface area (Å²) in [6, 6.07) is 9.19. The van der Waals surface area contributed by atoms with E-state index in [1.54, 1.807) is 24.3 Å². The van der Waals surface area contributed by atoms with Gasteiger partial charge >= 0.3 is 0 Å². The molecule has 2 heterocycles. The number of pyridine rings is 1. The van der Waals surface area contributed by atoms with Crippen LogP contribution in [0.4, 0.5) is 4.39 Å². The first kappa shape index (κ1) is 11.3. The van der Waals surface area contributed by atoms with Crippen molar-refractivity contribution < 1.29 is 4.39 Å². The molecule has 0 saturated heterocycles. The van der Waals surface area contributed by atoms with Crippen molar-refractivity contribution in [1.29, 1.82) is 0 Å². The van der Waals surface area contributed by atoms with Crippen molar-refractivity contribution in [3.05, 3.63) is 46.9 Å². The molecule has 2 nitrogen and oxygen atoms in total. The van der Waals surface area contributed by atoms with Crippen molar-refractivity contribution in [2.75, 3.05) is 0 Å². The molecule has 0 unspecified atom stereocenters. The van der Waals surface area contributed by atoms with Crippen LogP contribution in [-0.2, 0) is 0 Å². The van der Waals surface area contributed by atoms with E-state index in [4.69, 9.17) is 0 Å². The van der Waals surface area contributed by atoms with Gasteiger partial charge in [0.25, 0.3) is 0 Å². The molecule has 0 bridgehead atoms. The molecular formula is C14H11FN2S. The van der Waals surface area contributed by atoms with Crippen molar-refractivity contribution in [3.63, 3.8) is 0 Å². The van der Waals surface area contributed by atoms with Gasteiger partial charge in [-0.2, -0.15) is 0 Å². The van der Waals surface area contributed by atoms with Crippen LogP contribution >= 0.6 is 11.3 Å². The Morgan fingerprint density at radius 3 is 2.67 bits per heavy atom. The van der Waals surface area contributed by atoms with Gasteiger partial charge in [-0.05, 0) is 38.1 Å². The average molecular weight is 258 g/mol. The Balaban J connectivity index is 2.15. The first-order valence-electron chi connectivity index (χ1n) is 5.64. The monoisotopic (exact) mass is 258 g/mol. The van der Waals surface area contributed by atoms with E-state index in [1.807, 2.05) is 25.1 Å². The molecule has 0 fully saturated rings. The maximum atomic E-state index is 13.2. The summed E-state index contributed by atoms with van der Waals surface area (Å²) in [7, 11) is 0. The third-order valence-electron chi connectivity index (χ3n) is 2.81. The zero-order valence-corrected chi connectivity index (χ0v) is 10.9. The number of aryl methyl sites for hydroxylation is 2. The van der Waals surface area contributed by atoms with Gasteiger partial charge in [-0.25, -0.2) is 9.37 Å². The van der Waals surface area contributed by atoms with Gasteiger partial charge < -0.3 is 0 Å². The van der Waals surface area contributed by atoms with E-state index in [0.717, 1.165) is 26.5 Å². The number of aromatic nitrogens is 2. The van der Waals surface area contributed by atoms with Crippen LogP contribution in [-0.4, -0.2) is 9.97 Å². The predicted octanol–water partition coefficient (Wildman–Crippen LogP) is 4.11. The second-order valence-corrected chi connectivity index (χ2v) is 5.41. The van der Waals surface area contributed by atoms with Gasteiger partial charge in [-0.3, -0.25) is 4.98 Å². The molecule has 90 valence electrons. The van der Waals surface area contributed by atoms with Crippen LogP contribution in [0.15, 0.2) is 30.3 Å². The summed E-state index contributed by atoms with van der Waals surface area (Å²) in [5, 5.41) is 1.05. The van der Waals surface area contributed by atoms with Crippen LogP contribution in [0.1, 0.15) is 10.7 Å². The van der Waals surface area contributed by atoms with Gasteiger partial charge in [-0.15, -0.1) is 11.3 Å². The highest BCUT2D eigenvalue weighted by Gasteiger charge is 2.06. The third-order valence-corrected chi connectivity index (χ3v) is 3.76. The Labute approximate surface area is 108 Å². The van der Waals surface area contributed by atoms with Crippen molar-refractivity contribution in [1.82, 2.24) is 9.97 Å². The molecule has 4 heteroatoms. The average Bonchev–Trinajstić information content (AvgIpc) is 2.71. The lowest BCUT2D eigenvalue weighted by molar-refractivity contribution is 0.610. The smallest absolute Gasteiger partial charge is 0.144 e. The number of halogens is 1. The summed E-state index contributed by atoms with van der Waals surface area (Å²) in [6.07, 6.45) is 0. The second kappa shape index (κ2) is 4.14. The molecule has 0 aliphatic carbocycles. The summed E-state index contributed by atoms with van der Waals surface area (Å²) < 4.78 is 14.4. The molecule has 3 rings (SSSR count). The summed E-state index contributed by atoms with van der Waals surface area (Å²) >= 11 is 1.67. The number of rotatable bonds is 1. The minimum absolute atomic E-state index is 0.274. The fourth-order valence-electron chi connectivity index (χ4n) is 1.91. The summed E-state index contributed by atoms with van der Waals surface area (Å²) in [5.41, 5.74) is 3.14. The van der Waals surface area contributed by atoms with E-state index in [-0.39, 0.29) is 5.82 Å². The van der Waals surface area contributed by atoms with Crippen LogP contribution in [0.5, 0.6) is 0 Å². The number of fused-ring (bicyclic) bond motifs is 1. The Hall–Kier alpha value is -1.81. The van der Waals surface area contributed by atoms with Gasteiger partial charge in [0.15, 0.2) is 0 Å². The number of hydrogen-bond acceptors (Lipinski definition) is 3. The number of hydrogen-bond donors (Lipinski definition) is 0. The highest BCUT2D eigenvalue weighted by Crippen LogP contribution is 2.27. The maximum absolute atomic E-state index is 13.2. The van der Waals surface area contributed by atoms with Gasteiger partial charge in [0.05, 0.1) is 26.6 Å². The van der Waals surface area contributed by atoms with E-state index < -0.39 is 0 Å². The van der Waals surface area contributed by atoms with Gasteiger partial charge in [-0.1, -0.05) is 6.07 Å². The summed E-state index contributed by atoms with van der Waals surface area (Å²) in [5.74, 6) is -0.274. The molecule has 1 aromatic carbocycles. The maximum Gasteiger partial charge on any atom is 0.144 e. The predicted molar refractivity (Wildman–Crippen MR) is 72.3 cm³/mol. The van der Waals surface area contributed by atoms with E-state index in [2.05, 4.69) is 9.97 Å². The molecule has 0 amide bonds. The van der Waals surface area contributed by atoms with E-state index >= 15 is 0 Å². The standard InChI is InChI=1S/C14H11FN2S/c1-8-11(15)4-5-12(16-8)10-3-6-14-13(7-10)17-9(2)18-14/h3-7H,1-2H3. The van der Waals surface area contributed by atoms with Gasteiger partial charge in [0, 0.05) is 5.56 Å². The fraction of sp³-hybridized carbons (Fsp3) is 0.143. The molecular weight excluding hydrogens is 247 g/mol. The van der Waals surface area contributed by atoms with E-state index in [9.17, 15) is 4.39 Å². The van der Waals surface area contributed by atoms with Crippen molar-refractivity contribution in [2.24, 2.45) is 0 Å². The Kier molecular flexibility index (Phi) is 2.59. The molecule has 0 N–H and O–H groups in total. The zero-order chi connectivity index (χ0) is 12.7. The Morgan fingerprint density at radius 1 is 1.06 bits per heavy atom. The fourth-order valence-corrected chi connectivity index (χ4v) is 2.71. The molecule has 0 aliphatic rings. The first-order chi connectivity index (χ1) is 8.63. The first-order valence-corrected chi connectivity index (χ1v) is 6.46. The van der Waals surface area contributed by atoms with Gasteiger partial charge in [0.1, 0.15) is 5.82 Å². The summed E-state index contributed by atoms with van der Waals surface area (Å²) in [6.45, 7) is 3.66. The van der Waals surface area contributed by atoms with Crippen molar-refractivity contribution >= 4 is 21.6 Å². The molecule has 0 aliphatic heterocycles. The highest BCUT2D eigenvalue weighted by atomic mass is 32.1. The van der Waals surface area contributed by atoms with Crippen LogP contribution in [0.25, 0.3) is 21.5 Å². The largest absolute Gasteiger partial charge is 0.250 e. The Morgan fingerprint density at radius 2 is 1.89 bits per heavy atom. The number of benzene rings is 1. The van der Waals surface area contributed by atoms with Crippen LogP contribution in [0.3, 0.4) is 0 Å². The highest BCUT2D eigenvalue weighted by molar-refractivity contribution is 7.18. The van der Waals surface area contributed by atoms with Crippen LogP contribution < -0.4 is 0 Å². The van der Waals surface area contributed by atoms with Crippen LogP contribution in [0.2, 0.25) is 0 Å². The normalized spacial score (nSPS) is 11.1. The molecule has 2 aromatic heterocycles. The number of nitrogens with zero attached hydrogens (tertiary/aromatic N) is 2. The lowest BCUT2D eigenvalue weighted by Gasteiger charge is -2.02. The Bertz CT molecular complexity index is 734. The number of thiazole rings is 1. The quantitative estimate of drug-likeness (QED) is 0.656. The minimum atomic E-state index is -0.274. The van der Waals surface area contributed by atoms with Crippen molar-refractivity contribution in [2.45, 2.75) is 13.8 Å². The van der Waals surface area contributed by atoms with Crippen molar-refractivity contribution in [3.8, 4) is 11.3 Å². The zero-order valence-electron chi connectivity index (χ0n) is 10.1. The molecule has 0 radical (unpaired) electrons. The lowest BCUT2D eigenvalue weighted by Crippen LogP contribution is -1.90. The third kappa shape index (κ3) is 1.88. The molecule has 0 saturated carbocycles. The van der Waals surface area contributed by atoms with Gasteiger partial charge in [0.2, 0.25) is 0 Å². The SMILES string of the molecule is Cc1nc2cc(-c3ccc(F)c(C)n3)ccc2s1. The molecule has 18 heavy (non-hydrogen) atoms. The molecule has 3 aromatic rings. The lowest BCUT2D eigenvalue weighted by atomic mass is 10.1. The summed E-state index contributed by atoms with van der Waals surface area (Å²) in [4.78, 5) is 8.71. The van der Waals surface area contributed by atoms with Crippen LogP contribution in [0, 0.1) is 19.7 Å². The molecule has 0 spiro atoms. The minimum Gasteiger partial charge on any atom is -0.250 e. The van der Waals surface area contributed by atoms with E-state index in [1.165, 1.54) is 6.07 Å². The molecule has 0 atom stereocenters.